The third-order valence-electron chi connectivity index (χ3n) is 2.93. The quantitative estimate of drug-likeness (QED) is 0.774. The van der Waals surface area contributed by atoms with Gasteiger partial charge in [0.15, 0.2) is 0 Å². The summed E-state index contributed by atoms with van der Waals surface area (Å²) >= 11 is 5.34. The number of aryl methyl sites for hydroxylation is 1. The number of hydrogen-bond donors (Lipinski definition) is 1. The van der Waals surface area contributed by atoms with Gasteiger partial charge in [0.05, 0.1) is 5.69 Å². The molecular weight excluding hydrogens is 336 g/mol. The molecule has 0 aliphatic carbocycles. The van der Waals surface area contributed by atoms with Gasteiger partial charge in [-0.25, -0.2) is 9.67 Å². The van der Waals surface area contributed by atoms with Crippen LogP contribution in [0.2, 0.25) is 0 Å². The highest BCUT2D eigenvalue weighted by Gasteiger charge is 2.03. The topological polar surface area (TPSA) is 42.7 Å². The number of aromatic nitrogens is 3. The van der Waals surface area contributed by atoms with Gasteiger partial charge in [-0.05, 0) is 53.2 Å². The average Bonchev–Trinajstić information content (AvgIpc) is 3.08. The van der Waals surface area contributed by atoms with E-state index in [4.69, 9.17) is 0 Å². The lowest BCUT2D eigenvalue weighted by Gasteiger charge is -2.06. The van der Waals surface area contributed by atoms with Crippen molar-refractivity contribution in [2.45, 2.75) is 13.5 Å². The lowest BCUT2D eigenvalue weighted by Crippen LogP contribution is -1.98. The SMILES string of the molecule is Cc1sc(CNc2ccc(-n3cncn3)cc2)cc1Br. The van der Waals surface area contributed by atoms with Crippen LogP contribution in [0.15, 0.2) is 47.5 Å². The molecular formula is C14H13BrN4S. The summed E-state index contributed by atoms with van der Waals surface area (Å²) < 4.78 is 2.92. The van der Waals surface area contributed by atoms with Gasteiger partial charge in [0.2, 0.25) is 0 Å². The van der Waals surface area contributed by atoms with Crippen LogP contribution < -0.4 is 5.32 Å². The van der Waals surface area contributed by atoms with Crippen LogP contribution in [0.25, 0.3) is 5.69 Å². The summed E-state index contributed by atoms with van der Waals surface area (Å²) in [5.74, 6) is 0. The fourth-order valence-electron chi connectivity index (χ4n) is 1.87. The molecule has 0 aliphatic rings. The van der Waals surface area contributed by atoms with E-state index >= 15 is 0 Å². The van der Waals surface area contributed by atoms with E-state index in [9.17, 15) is 0 Å². The number of rotatable bonds is 4. The van der Waals surface area contributed by atoms with E-state index in [1.54, 1.807) is 22.3 Å². The molecule has 0 unspecified atom stereocenters. The van der Waals surface area contributed by atoms with E-state index in [1.165, 1.54) is 20.6 Å². The summed E-state index contributed by atoms with van der Waals surface area (Å²) in [7, 11) is 0. The average molecular weight is 349 g/mol. The summed E-state index contributed by atoms with van der Waals surface area (Å²) in [5, 5.41) is 7.52. The Morgan fingerprint density at radius 2 is 2.10 bits per heavy atom. The molecule has 1 N–H and O–H groups in total. The highest BCUT2D eigenvalue weighted by atomic mass is 79.9. The van der Waals surface area contributed by atoms with Crippen molar-refractivity contribution in [2.75, 3.05) is 5.32 Å². The van der Waals surface area contributed by atoms with Crippen LogP contribution in [0, 0.1) is 6.92 Å². The Morgan fingerprint density at radius 1 is 1.30 bits per heavy atom. The zero-order chi connectivity index (χ0) is 13.9. The number of thiophene rings is 1. The molecule has 0 atom stereocenters. The first kappa shape index (κ1) is 13.3. The Bertz CT molecular complexity index is 669. The molecule has 0 bridgehead atoms. The fourth-order valence-corrected chi connectivity index (χ4v) is 3.41. The number of nitrogens with zero attached hydrogens (tertiary/aromatic N) is 3. The number of anilines is 1. The van der Waals surface area contributed by atoms with Crippen molar-refractivity contribution in [3.05, 3.63) is 57.2 Å². The first-order chi connectivity index (χ1) is 9.72. The Hall–Kier alpha value is -1.66. The maximum absolute atomic E-state index is 4.10. The highest BCUT2D eigenvalue weighted by Crippen LogP contribution is 2.27. The van der Waals surface area contributed by atoms with Crippen molar-refractivity contribution < 1.29 is 0 Å². The second-order valence-electron chi connectivity index (χ2n) is 4.36. The molecule has 6 heteroatoms. The second kappa shape index (κ2) is 5.76. The third kappa shape index (κ3) is 2.91. The minimum atomic E-state index is 0.833. The van der Waals surface area contributed by atoms with Gasteiger partial charge in [0.25, 0.3) is 0 Å². The summed E-state index contributed by atoms with van der Waals surface area (Å²) in [4.78, 5) is 6.56. The monoisotopic (exact) mass is 348 g/mol. The van der Waals surface area contributed by atoms with Crippen LogP contribution in [-0.4, -0.2) is 14.8 Å². The molecule has 0 amide bonds. The van der Waals surface area contributed by atoms with Gasteiger partial charge in [-0.3, -0.25) is 0 Å². The molecule has 0 saturated carbocycles. The first-order valence-corrected chi connectivity index (χ1v) is 7.77. The molecule has 2 heterocycles. The molecule has 0 radical (unpaired) electrons. The van der Waals surface area contributed by atoms with Gasteiger partial charge in [0, 0.05) is 26.5 Å². The summed E-state index contributed by atoms with van der Waals surface area (Å²) in [6.45, 7) is 2.95. The van der Waals surface area contributed by atoms with Crippen LogP contribution in [0.5, 0.6) is 0 Å². The van der Waals surface area contributed by atoms with E-state index in [2.05, 4.69) is 44.3 Å². The van der Waals surface area contributed by atoms with Crippen molar-refractivity contribution in [2.24, 2.45) is 0 Å². The summed E-state index contributed by atoms with van der Waals surface area (Å²) in [5.41, 5.74) is 2.10. The van der Waals surface area contributed by atoms with Crippen LogP contribution in [-0.2, 0) is 6.54 Å². The van der Waals surface area contributed by atoms with Gasteiger partial charge in [-0.2, -0.15) is 5.10 Å². The van der Waals surface area contributed by atoms with Crippen LogP contribution in [0.4, 0.5) is 5.69 Å². The molecule has 1 aromatic carbocycles. The molecule has 0 aliphatic heterocycles. The Morgan fingerprint density at radius 3 is 2.70 bits per heavy atom. The summed E-state index contributed by atoms with van der Waals surface area (Å²) in [6.07, 6.45) is 3.22. The third-order valence-corrected chi connectivity index (χ3v) is 5.06. The van der Waals surface area contributed by atoms with Crippen LogP contribution >= 0.6 is 27.3 Å². The predicted molar refractivity (Wildman–Crippen MR) is 85.4 cm³/mol. The van der Waals surface area contributed by atoms with Crippen molar-refractivity contribution in [3.8, 4) is 5.69 Å². The van der Waals surface area contributed by atoms with E-state index in [0.29, 0.717) is 0 Å². The maximum Gasteiger partial charge on any atom is 0.138 e. The maximum atomic E-state index is 4.10. The van der Waals surface area contributed by atoms with Gasteiger partial charge in [0.1, 0.15) is 12.7 Å². The number of nitrogens with one attached hydrogen (secondary N) is 1. The number of hydrogen-bond acceptors (Lipinski definition) is 4. The Balaban J connectivity index is 1.66. The lowest BCUT2D eigenvalue weighted by atomic mass is 10.3. The molecule has 0 saturated heterocycles. The Labute approximate surface area is 129 Å². The number of benzene rings is 1. The first-order valence-electron chi connectivity index (χ1n) is 6.16. The molecule has 3 aromatic rings. The van der Waals surface area contributed by atoms with Crippen LogP contribution in [0.3, 0.4) is 0 Å². The minimum absolute atomic E-state index is 0.833. The normalized spacial score (nSPS) is 10.7. The molecule has 3 rings (SSSR count). The van der Waals surface area contributed by atoms with Crippen molar-refractivity contribution in [3.63, 3.8) is 0 Å². The van der Waals surface area contributed by atoms with E-state index < -0.39 is 0 Å². The second-order valence-corrected chi connectivity index (χ2v) is 6.55. The Kier molecular flexibility index (Phi) is 3.84. The van der Waals surface area contributed by atoms with Gasteiger partial charge < -0.3 is 5.32 Å². The molecule has 102 valence electrons. The summed E-state index contributed by atoms with van der Waals surface area (Å²) in [6, 6.07) is 10.3. The van der Waals surface area contributed by atoms with Crippen molar-refractivity contribution in [1.82, 2.24) is 14.8 Å². The molecule has 0 fully saturated rings. The molecule has 2 aromatic heterocycles. The smallest absolute Gasteiger partial charge is 0.138 e. The van der Waals surface area contributed by atoms with E-state index in [-0.39, 0.29) is 0 Å². The van der Waals surface area contributed by atoms with Gasteiger partial charge in [-0.1, -0.05) is 0 Å². The number of halogens is 1. The van der Waals surface area contributed by atoms with Crippen molar-refractivity contribution >= 4 is 33.0 Å². The van der Waals surface area contributed by atoms with Crippen molar-refractivity contribution in [1.29, 1.82) is 0 Å². The minimum Gasteiger partial charge on any atom is -0.380 e. The van der Waals surface area contributed by atoms with E-state index in [0.717, 1.165) is 17.9 Å². The predicted octanol–water partition coefficient (Wildman–Crippen LogP) is 4.01. The molecule has 4 nitrogen and oxygen atoms in total. The van der Waals surface area contributed by atoms with E-state index in [1.807, 2.05) is 24.3 Å². The lowest BCUT2D eigenvalue weighted by molar-refractivity contribution is 0.879. The standard InChI is InChI=1S/C14H13BrN4S/c1-10-14(15)6-13(20-10)7-17-11-2-4-12(5-3-11)19-9-16-8-18-19/h2-6,8-9,17H,7H2,1H3. The van der Waals surface area contributed by atoms with Gasteiger partial charge in [-0.15, -0.1) is 11.3 Å². The highest BCUT2D eigenvalue weighted by molar-refractivity contribution is 9.10. The fraction of sp³-hybridized carbons (Fsp3) is 0.143. The molecule has 20 heavy (non-hydrogen) atoms. The zero-order valence-corrected chi connectivity index (χ0v) is 13.3. The largest absolute Gasteiger partial charge is 0.380 e. The van der Waals surface area contributed by atoms with Crippen LogP contribution in [0.1, 0.15) is 9.75 Å². The zero-order valence-electron chi connectivity index (χ0n) is 10.9. The molecule has 0 spiro atoms. The van der Waals surface area contributed by atoms with Gasteiger partial charge >= 0.3 is 0 Å².